The van der Waals surface area contributed by atoms with Crippen LogP contribution in [0.15, 0.2) is 0 Å². The van der Waals surface area contributed by atoms with Crippen LogP contribution in [0.1, 0.15) is 25.7 Å². The van der Waals surface area contributed by atoms with Gasteiger partial charge in [-0.3, -0.25) is 0 Å². The first-order valence-corrected chi connectivity index (χ1v) is 3.78. The van der Waals surface area contributed by atoms with Gasteiger partial charge >= 0.3 is 0 Å². The lowest BCUT2D eigenvalue weighted by Crippen LogP contribution is -2.10. The van der Waals surface area contributed by atoms with Crippen molar-refractivity contribution in [3.8, 4) is 0 Å². The van der Waals surface area contributed by atoms with Crippen molar-refractivity contribution >= 4 is 15.7 Å². The monoisotopic (exact) mass is 118 g/mol. The maximum Gasteiger partial charge on any atom is 0.0699 e. The van der Waals surface area contributed by atoms with Crippen LogP contribution in [0.3, 0.4) is 0 Å². The third kappa shape index (κ3) is 2.08. The molecule has 0 unspecified atom stereocenters. The highest BCUT2D eigenvalue weighted by atomic mass is 14.2. The van der Waals surface area contributed by atoms with E-state index in [2.05, 4.69) is 0 Å². The van der Waals surface area contributed by atoms with E-state index in [1.54, 1.807) is 0 Å². The highest BCUT2D eigenvalue weighted by Crippen LogP contribution is 2.31. The molecule has 0 aromatic carbocycles. The van der Waals surface area contributed by atoms with E-state index in [4.69, 9.17) is 15.7 Å². The number of hydrogen-bond donors (Lipinski definition) is 0. The summed E-state index contributed by atoms with van der Waals surface area (Å²) in [7, 11) is 11.2. The molecule has 1 rings (SSSR count). The third-order valence-corrected chi connectivity index (χ3v) is 2.22. The minimum atomic E-state index is 0.466. The van der Waals surface area contributed by atoms with Gasteiger partial charge < -0.3 is 0 Å². The average molecular weight is 118 g/mol. The van der Waals surface area contributed by atoms with Gasteiger partial charge in [0.15, 0.2) is 0 Å². The summed E-state index contributed by atoms with van der Waals surface area (Å²) in [6, 6.07) is 0. The van der Waals surface area contributed by atoms with Crippen molar-refractivity contribution in [2.24, 2.45) is 5.92 Å². The third-order valence-electron chi connectivity index (χ3n) is 2.22. The predicted octanol–water partition coefficient (Wildman–Crippen LogP) is 1.72. The molecule has 0 aromatic heterocycles. The number of hydrogen-bond acceptors (Lipinski definition) is 0. The fourth-order valence-corrected chi connectivity index (χ4v) is 1.42. The van der Waals surface area contributed by atoms with E-state index in [1.807, 2.05) is 0 Å². The zero-order chi connectivity index (χ0) is 6.69. The zero-order valence-corrected chi connectivity index (χ0v) is 5.84. The summed E-state index contributed by atoms with van der Waals surface area (Å²) in [6.07, 6.45) is 5.71. The Hall–Kier alpha value is 0.130. The molecule has 0 atom stereocenters. The quantitative estimate of drug-likeness (QED) is 0.459. The second-order valence-electron chi connectivity index (χ2n) is 3.02. The first kappa shape index (κ1) is 7.24. The Morgan fingerprint density at radius 1 is 1.11 bits per heavy atom. The van der Waals surface area contributed by atoms with Gasteiger partial charge in [-0.1, -0.05) is 37.8 Å². The van der Waals surface area contributed by atoms with Crippen LogP contribution in [-0.4, -0.2) is 15.7 Å². The molecule has 4 radical (unpaired) electrons. The van der Waals surface area contributed by atoms with Crippen molar-refractivity contribution in [1.82, 2.24) is 0 Å². The van der Waals surface area contributed by atoms with E-state index in [9.17, 15) is 0 Å². The van der Waals surface area contributed by atoms with Crippen LogP contribution in [0.4, 0.5) is 0 Å². The van der Waals surface area contributed by atoms with Gasteiger partial charge in [0, 0.05) is 0 Å². The van der Waals surface area contributed by atoms with Gasteiger partial charge in [-0.2, -0.15) is 0 Å². The molecular formula is C7H12B2. The second kappa shape index (κ2) is 3.34. The van der Waals surface area contributed by atoms with Crippen molar-refractivity contribution in [1.29, 1.82) is 0 Å². The minimum Gasteiger partial charge on any atom is -0.0859 e. The maximum absolute atomic E-state index is 5.71. The average Bonchev–Trinajstić information content (AvgIpc) is 1.90. The Balaban J connectivity index is 2.18. The van der Waals surface area contributed by atoms with E-state index in [1.165, 1.54) is 25.7 Å². The van der Waals surface area contributed by atoms with Crippen LogP contribution < -0.4 is 0 Å². The Morgan fingerprint density at radius 2 is 1.67 bits per heavy atom. The Bertz CT molecular complexity index is 75.0. The summed E-state index contributed by atoms with van der Waals surface area (Å²) < 4.78 is 0. The second-order valence-corrected chi connectivity index (χ2v) is 3.02. The molecule has 0 amide bonds. The Labute approximate surface area is 60.2 Å². The van der Waals surface area contributed by atoms with E-state index < -0.39 is 0 Å². The smallest absolute Gasteiger partial charge is 0.0699 e. The molecule has 0 saturated heterocycles. The molecule has 0 aliphatic heterocycles. The molecular weight excluding hydrogens is 106 g/mol. The van der Waals surface area contributed by atoms with E-state index >= 15 is 0 Å². The van der Waals surface area contributed by atoms with Crippen molar-refractivity contribution in [2.75, 3.05) is 0 Å². The molecule has 0 bridgehead atoms. The van der Waals surface area contributed by atoms with Crippen molar-refractivity contribution in [3.05, 3.63) is 0 Å². The van der Waals surface area contributed by atoms with Crippen LogP contribution >= 0.6 is 0 Å². The Morgan fingerprint density at radius 3 is 2.11 bits per heavy atom. The van der Waals surface area contributed by atoms with Gasteiger partial charge in [0.2, 0.25) is 0 Å². The first-order valence-electron chi connectivity index (χ1n) is 3.78. The molecule has 1 aliphatic carbocycles. The lowest BCUT2D eigenvalue weighted by Gasteiger charge is -2.25. The highest BCUT2D eigenvalue weighted by molar-refractivity contribution is 6.11. The Kier molecular flexibility index (Phi) is 2.68. The molecule has 1 aliphatic rings. The van der Waals surface area contributed by atoms with Gasteiger partial charge in [0.05, 0.1) is 15.7 Å². The molecule has 0 N–H and O–H groups in total. The zero-order valence-electron chi connectivity index (χ0n) is 5.84. The SMILES string of the molecule is [B]CC1CCC([B])CC1. The highest BCUT2D eigenvalue weighted by Gasteiger charge is 2.15. The summed E-state index contributed by atoms with van der Waals surface area (Å²) in [4.78, 5) is 0. The largest absolute Gasteiger partial charge is 0.0859 e. The van der Waals surface area contributed by atoms with Crippen LogP contribution in [0.5, 0.6) is 0 Å². The molecule has 2 heteroatoms. The summed E-state index contributed by atoms with van der Waals surface area (Å²) in [6.45, 7) is 0. The van der Waals surface area contributed by atoms with Gasteiger partial charge in [-0.05, 0) is 5.92 Å². The van der Waals surface area contributed by atoms with Gasteiger partial charge in [0.25, 0.3) is 0 Å². The number of rotatable bonds is 1. The van der Waals surface area contributed by atoms with Crippen molar-refractivity contribution in [3.63, 3.8) is 0 Å². The lowest BCUT2D eigenvalue weighted by molar-refractivity contribution is 0.386. The first-order chi connectivity index (χ1) is 4.33. The van der Waals surface area contributed by atoms with E-state index in [0.29, 0.717) is 5.82 Å². The van der Waals surface area contributed by atoms with Gasteiger partial charge in [0.1, 0.15) is 0 Å². The molecule has 1 fully saturated rings. The van der Waals surface area contributed by atoms with Gasteiger partial charge in [-0.15, -0.1) is 0 Å². The van der Waals surface area contributed by atoms with Crippen molar-refractivity contribution in [2.45, 2.75) is 37.8 Å². The lowest BCUT2D eigenvalue weighted by atomic mass is 9.69. The summed E-state index contributed by atoms with van der Waals surface area (Å²) in [5.41, 5.74) is 0. The molecule has 0 spiro atoms. The fraction of sp³-hybridized carbons (Fsp3) is 1.00. The summed E-state index contributed by atoms with van der Waals surface area (Å²) in [5, 5.41) is 0. The molecule has 0 nitrogen and oxygen atoms in total. The molecule has 0 heterocycles. The minimum absolute atomic E-state index is 0.466. The summed E-state index contributed by atoms with van der Waals surface area (Å²) >= 11 is 0. The van der Waals surface area contributed by atoms with Crippen LogP contribution in [0.2, 0.25) is 12.1 Å². The summed E-state index contributed by atoms with van der Waals surface area (Å²) in [5.74, 6) is 1.23. The normalized spacial score (nSPS) is 36.4. The van der Waals surface area contributed by atoms with E-state index in [-0.39, 0.29) is 0 Å². The fourth-order valence-electron chi connectivity index (χ4n) is 1.42. The molecule has 1 saturated carbocycles. The van der Waals surface area contributed by atoms with Gasteiger partial charge in [-0.25, -0.2) is 0 Å². The molecule has 0 aromatic rings. The van der Waals surface area contributed by atoms with Crippen molar-refractivity contribution < 1.29 is 0 Å². The standard InChI is InChI=1S/C7H12B2/c8-5-6-1-3-7(9)4-2-6/h6-7H,1-5H2. The topological polar surface area (TPSA) is 0 Å². The maximum atomic E-state index is 5.71. The molecule has 46 valence electrons. The van der Waals surface area contributed by atoms with Crippen LogP contribution in [0, 0.1) is 5.92 Å². The molecule has 9 heavy (non-hydrogen) atoms. The van der Waals surface area contributed by atoms with Crippen LogP contribution in [0.25, 0.3) is 0 Å². The predicted molar refractivity (Wildman–Crippen MR) is 42.0 cm³/mol. The van der Waals surface area contributed by atoms with E-state index in [0.717, 1.165) is 12.2 Å². The van der Waals surface area contributed by atoms with Crippen LogP contribution in [-0.2, 0) is 0 Å².